The van der Waals surface area contributed by atoms with Crippen LogP contribution in [0.2, 0.25) is 10.0 Å². The number of hydrazone groups is 1. The molecule has 0 amide bonds. The van der Waals surface area contributed by atoms with Gasteiger partial charge in [-0.25, -0.2) is 5.01 Å². The third kappa shape index (κ3) is 2.95. The Balaban J connectivity index is 1.60. The molecule has 2 unspecified atom stereocenters. The molecule has 0 bridgehead atoms. The number of rotatable bonds is 2. The number of fused-ring (bicyclic) bond motifs is 3. The number of nitrogens with zero attached hydrogens (tertiary/aromatic N) is 3. The van der Waals surface area contributed by atoms with E-state index in [2.05, 4.69) is 4.98 Å². The molecule has 3 aromatic rings. The summed E-state index contributed by atoms with van der Waals surface area (Å²) in [6.07, 6.45) is 4.01. The largest absolute Gasteiger partial charge is 0.464 e. The first-order chi connectivity index (χ1) is 13.2. The second-order valence-corrected chi connectivity index (χ2v) is 7.46. The van der Waals surface area contributed by atoms with Crippen molar-refractivity contribution < 1.29 is 4.74 Å². The van der Waals surface area contributed by atoms with E-state index in [-0.39, 0.29) is 12.3 Å². The number of halogens is 2. The molecule has 0 spiro atoms. The van der Waals surface area contributed by atoms with Crippen LogP contribution in [0.3, 0.4) is 0 Å². The van der Waals surface area contributed by atoms with Crippen molar-refractivity contribution in [2.24, 2.45) is 5.10 Å². The molecule has 134 valence electrons. The van der Waals surface area contributed by atoms with Gasteiger partial charge < -0.3 is 4.74 Å². The Morgan fingerprint density at radius 1 is 0.926 bits per heavy atom. The fourth-order valence-corrected chi connectivity index (χ4v) is 3.93. The fourth-order valence-electron chi connectivity index (χ4n) is 3.62. The van der Waals surface area contributed by atoms with Gasteiger partial charge in [-0.1, -0.05) is 35.3 Å². The van der Waals surface area contributed by atoms with Crippen LogP contribution >= 0.6 is 23.2 Å². The average Bonchev–Trinajstić information content (AvgIpc) is 3.14. The molecule has 6 heteroatoms. The minimum atomic E-state index is -0.309. The molecule has 1 aromatic heterocycles. The standard InChI is InChI=1S/C21H15Cl2N3O/c22-15-3-1-13(2-4-15)18-12-19-17-11-16(23)5-6-20(17)27-21(26(19)25-18)14-7-9-24-10-8-14/h1-11,19,21H,12H2. The maximum atomic E-state index is 6.30. The SMILES string of the molecule is Clc1ccc(C2=NN3C(C2)c2cc(Cl)ccc2OC3c2ccncc2)cc1. The van der Waals surface area contributed by atoms with Crippen LogP contribution in [0.4, 0.5) is 0 Å². The van der Waals surface area contributed by atoms with Crippen molar-refractivity contribution in [3.63, 3.8) is 0 Å². The van der Waals surface area contributed by atoms with Crippen LogP contribution in [0.25, 0.3) is 0 Å². The lowest BCUT2D eigenvalue weighted by Gasteiger charge is -2.38. The molecule has 27 heavy (non-hydrogen) atoms. The summed E-state index contributed by atoms with van der Waals surface area (Å²) in [5.74, 6) is 0.843. The van der Waals surface area contributed by atoms with Gasteiger partial charge in [0, 0.05) is 40.0 Å². The molecule has 0 saturated carbocycles. The van der Waals surface area contributed by atoms with Crippen LogP contribution in [0.1, 0.15) is 35.4 Å². The van der Waals surface area contributed by atoms with E-state index in [0.29, 0.717) is 10.0 Å². The summed E-state index contributed by atoms with van der Waals surface area (Å²) in [5.41, 5.74) is 4.13. The number of hydrogen-bond acceptors (Lipinski definition) is 4. The quantitative estimate of drug-likeness (QED) is 0.563. The van der Waals surface area contributed by atoms with Crippen molar-refractivity contribution in [3.8, 4) is 5.75 Å². The molecule has 0 N–H and O–H groups in total. The number of benzene rings is 2. The van der Waals surface area contributed by atoms with Gasteiger partial charge in [-0.15, -0.1) is 0 Å². The number of pyridine rings is 1. The predicted octanol–water partition coefficient (Wildman–Crippen LogP) is 5.63. The van der Waals surface area contributed by atoms with Crippen molar-refractivity contribution >= 4 is 28.9 Å². The lowest BCUT2D eigenvalue weighted by atomic mass is 9.96. The van der Waals surface area contributed by atoms with Gasteiger partial charge in [0.2, 0.25) is 6.23 Å². The van der Waals surface area contributed by atoms with E-state index in [1.807, 2.05) is 59.6 Å². The fraction of sp³-hybridized carbons (Fsp3) is 0.143. The predicted molar refractivity (Wildman–Crippen MR) is 106 cm³/mol. The number of aromatic nitrogens is 1. The monoisotopic (exact) mass is 395 g/mol. The Bertz CT molecular complexity index is 1020. The van der Waals surface area contributed by atoms with Gasteiger partial charge in [-0.05, 0) is 48.0 Å². The molecule has 0 aliphatic carbocycles. The van der Waals surface area contributed by atoms with Gasteiger partial charge in [-0.3, -0.25) is 4.98 Å². The second kappa shape index (κ2) is 6.55. The Labute approximate surface area is 167 Å². The maximum absolute atomic E-state index is 6.30. The molecule has 5 rings (SSSR count). The van der Waals surface area contributed by atoms with Crippen LogP contribution < -0.4 is 4.74 Å². The second-order valence-electron chi connectivity index (χ2n) is 6.59. The lowest BCUT2D eigenvalue weighted by Crippen LogP contribution is -2.33. The Hall–Kier alpha value is -2.56. The van der Waals surface area contributed by atoms with Crippen LogP contribution in [0, 0.1) is 0 Å². The zero-order chi connectivity index (χ0) is 18.4. The molecule has 3 heterocycles. The van der Waals surface area contributed by atoms with Gasteiger partial charge in [0.1, 0.15) is 5.75 Å². The summed E-state index contributed by atoms with van der Waals surface area (Å²) in [4.78, 5) is 4.11. The highest BCUT2D eigenvalue weighted by Gasteiger charge is 2.41. The van der Waals surface area contributed by atoms with Gasteiger partial charge in [0.15, 0.2) is 0 Å². The molecule has 0 radical (unpaired) electrons. The normalized spacial score (nSPS) is 20.5. The van der Waals surface area contributed by atoms with E-state index in [9.17, 15) is 0 Å². The third-order valence-electron chi connectivity index (χ3n) is 4.92. The lowest BCUT2D eigenvalue weighted by molar-refractivity contribution is -0.0190. The van der Waals surface area contributed by atoms with Crippen LogP contribution in [-0.2, 0) is 0 Å². The highest BCUT2D eigenvalue weighted by Crippen LogP contribution is 2.48. The summed E-state index contributed by atoms with van der Waals surface area (Å²) >= 11 is 12.3. The molecular formula is C21H15Cl2N3O. The van der Waals surface area contributed by atoms with Crippen molar-refractivity contribution in [3.05, 3.63) is 93.7 Å². The minimum Gasteiger partial charge on any atom is -0.464 e. The zero-order valence-electron chi connectivity index (χ0n) is 14.2. The minimum absolute atomic E-state index is 0.0660. The molecule has 2 aromatic carbocycles. The number of hydrogen-bond donors (Lipinski definition) is 0. The number of ether oxygens (including phenoxy) is 1. The van der Waals surface area contributed by atoms with E-state index in [4.69, 9.17) is 33.0 Å². The smallest absolute Gasteiger partial charge is 0.213 e. The highest BCUT2D eigenvalue weighted by molar-refractivity contribution is 6.31. The van der Waals surface area contributed by atoms with Gasteiger partial charge in [-0.2, -0.15) is 5.10 Å². The molecule has 2 aliphatic heterocycles. The van der Waals surface area contributed by atoms with Crippen molar-refractivity contribution in [2.75, 3.05) is 0 Å². The first kappa shape index (κ1) is 16.6. The summed E-state index contributed by atoms with van der Waals surface area (Å²) < 4.78 is 6.30. The van der Waals surface area contributed by atoms with E-state index in [0.717, 1.165) is 34.6 Å². The third-order valence-corrected chi connectivity index (χ3v) is 5.41. The maximum Gasteiger partial charge on any atom is 0.213 e. The summed E-state index contributed by atoms with van der Waals surface area (Å²) in [7, 11) is 0. The molecule has 2 aliphatic rings. The van der Waals surface area contributed by atoms with Crippen LogP contribution in [0.15, 0.2) is 72.1 Å². The van der Waals surface area contributed by atoms with Gasteiger partial charge >= 0.3 is 0 Å². The molecular weight excluding hydrogens is 381 g/mol. The van der Waals surface area contributed by atoms with Crippen LogP contribution in [0.5, 0.6) is 5.75 Å². The zero-order valence-corrected chi connectivity index (χ0v) is 15.7. The van der Waals surface area contributed by atoms with E-state index < -0.39 is 0 Å². The van der Waals surface area contributed by atoms with Crippen molar-refractivity contribution in [2.45, 2.75) is 18.7 Å². The molecule has 0 fully saturated rings. The van der Waals surface area contributed by atoms with Gasteiger partial charge in [0.05, 0.1) is 11.8 Å². The summed E-state index contributed by atoms with van der Waals surface area (Å²) in [6.45, 7) is 0. The Kier molecular flexibility index (Phi) is 4.03. The van der Waals surface area contributed by atoms with Gasteiger partial charge in [0.25, 0.3) is 0 Å². The summed E-state index contributed by atoms with van der Waals surface area (Å²) in [5, 5.41) is 8.35. The molecule has 2 atom stereocenters. The van der Waals surface area contributed by atoms with Crippen molar-refractivity contribution in [1.82, 2.24) is 9.99 Å². The van der Waals surface area contributed by atoms with Crippen molar-refractivity contribution in [1.29, 1.82) is 0 Å². The average molecular weight is 396 g/mol. The Morgan fingerprint density at radius 3 is 2.44 bits per heavy atom. The van der Waals surface area contributed by atoms with E-state index >= 15 is 0 Å². The van der Waals surface area contributed by atoms with E-state index in [1.54, 1.807) is 12.4 Å². The van der Waals surface area contributed by atoms with Crippen LogP contribution in [-0.4, -0.2) is 15.7 Å². The Morgan fingerprint density at radius 2 is 1.67 bits per heavy atom. The first-order valence-electron chi connectivity index (χ1n) is 8.67. The molecule has 0 saturated heterocycles. The summed E-state index contributed by atoms with van der Waals surface area (Å²) in [6, 6.07) is 17.5. The topological polar surface area (TPSA) is 37.7 Å². The first-order valence-corrected chi connectivity index (χ1v) is 9.42. The molecule has 4 nitrogen and oxygen atoms in total. The van der Waals surface area contributed by atoms with E-state index in [1.165, 1.54) is 0 Å². The highest BCUT2D eigenvalue weighted by atomic mass is 35.5.